The van der Waals surface area contributed by atoms with Gasteiger partial charge in [0.15, 0.2) is 0 Å². The van der Waals surface area contributed by atoms with Crippen LogP contribution in [0.25, 0.3) is 0 Å². The number of halogens is 1. The third kappa shape index (κ3) is 3.49. The number of nitriles is 1. The third-order valence-corrected chi connectivity index (χ3v) is 3.27. The quantitative estimate of drug-likeness (QED) is 0.929. The molecule has 1 aromatic carbocycles. The Labute approximate surface area is 126 Å². The number of rotatable bonds is 4. The van der Waals surface area contributed by atoms with Crippen molar-refractivity contribution >= 4 is 21.6 Å². The molecule has 0 atom stereocenters. The van der Waals surface area contributed by atoms with Crippen LogP contribution in [0, 0.1) is 18.3 Å². The zero-order chi connectivity index (χ0) is 14.5. The lowest BCUT2D eigenvalue weighted by Gasteiger charge is -2.10. The first-order valence-corrected chi connectivity index (χ1v) is 6.87. The Bertz CT molecular complexity index is 665. The molecule has 5 heteroatoms. The predicted molar refractivity (Wildman–Crippen MR) is 81.7 cm³/mol. The summed E-state index contributed by atoms with van der Waals surface area (Å²) in [7, 11) is 1.63. The van der Waals surface area contributed by atoms with Crippen molar-refractivity contribution in [1.82, 2.24) is 4.98 Å². The zero-order valence-corrected chi connectivity index (χ0v) is 12.9. The van der Waals surface area contributed by atoms with E-state index >= 15 is 0 Å². The molecule has 0 spiro atoms. The van der Waals surface area contributed by atoms with E-state index in [9.17, 15) is 0 Å². The van der Waals surface area contributed by atoms with Crippen molar-refractivity contribution in [2.75, 3.05) is 12.4 Å². The SMILES string of the molecule is COc1cc(C)nc(CNc2ccc(Br)cc2C#N)c1. The summed E-state index contributed by atoms with van der Waals surface area (Å²) in [6.45, 7) is 2.46. The van der Waals surface area contributed by atoms with Crippen LogP contribution in [-0.4, -0.2) is 12.1 Å². The van der Waals surface area contributed by atoms with Crippen molar-refractivity contribution < 1.29 is 4.74 Å². The van der Waals surface area contributed by atoms with Gasteiger partial charge in [0.1, 0.15) is 11.8 Å². The molecule has 0 amide bonds. The van der Waals surface area contributed by atoms with Gasteiger partial charge < -0.3 is 10.1 Å². The van der Waals surface area contributed by atoms with Crippen LogP contribution in [-0.2, 0) is 6.54 Å². The summed E-state index contributed by atoms with van der Waals surface area (Å²) in [5.74, 6) is 0.783. The van der Waals surface area contributed by atoms with E-state index < -0.39 is 0 Å². The Balaban J connectivity index is 2.17. The van der Waals surface area contributed by atoms with Crippen LogP contribution in [0.4, 0.5) is 5.69 Å². The Kier molecular flexibility index (Phi) is 4.59. The number of methoxy groups -OCH3 is 1. The second kappa shape index (κ2) is 6.40. The zero-order valence-electron chi connectivity index (χ0n) is 11.3. The maximum atomic E-state index is 9.12. The van der Waals surface area contributed by atoms with Gasteiger partial charge in [0.25, 0.3) is 0 Å². The van der Waals surface area contributed by atoms with Gasteiger partial charge in [-0.25, -0.2) is 0 Å². The topological polar surface area (TPSA) is 57.9 Å². The average molecular weight is 332 g/mol. The fourth-order valence-electron chi connectivity index (χ4n) is 1.86. The number of nitrogens with zero attached hydrogens (tertiary/aromatic N) is 2. The van der Waals surface area contributed by atoms with Crippen molar-refractivity contribution in [3.05, 3.63) is 51.8 Å². The van der Waals surface area contributed by atoms with Gasteiger partial charge in [-0.1, -0.05) is 15.9 Å². The van der Waals surface area contributed by atoms with Gasteiger partial charge in [0.05, 0.1) is 30.6 Å². The highest BCUT2D eigenvalue weighted by atomic mass is 79.9. The fraction of sp³-hybridized carbons (Fsp3) is 0.200. The summed E-state index contributed by atoms with van der Waals surface area (Å²) in [5.41, 5.74) is 3.16. The molecular weight excluding hydrogens is 318 g/mol. The lowest BCUT2D eigenvalue weighted by molar-refractivity contribution is 0.413. The van der Waals surface area contributed by atoms with Crippen molar-refractivity contribution in [3.63, 3.8) is 0 Å². The van der Waals surface area contributed by atoms with Crippen molar-refractivity contribution in [2.45, 2.75) is 13.5 Å². The molecule has 0 fully saturated rings. The van der Waals surface area contributed by atoms with E-state index in [-0.39, 0.29) is 0 Å². The molecule has 20 heavy (non-hydrogen) atoms. The Morgan fingerprint density at radius 1 is 1.35 bits per heavy atom. The van der Waals surface area contributed by atoms with Gasteiger partial charge in [-0.2, -0.15) is 5.26 Å². The molecule has 0 bridgehead atoms. The van der Waals surface area contributed by atoms with Gasteiger partial charge in [-0.05, 0) is 25.1 Å². The maximum Gasteiger partial charge on any atom is 0.122 e. The van der Waals surface area contributed by atoms with E-state index in [2.05, 4.69) is 32.3 Å². The van der Waals surface area contributed by atoms with E-state index in [0.717, 1.165) is 27.3 Å². The van der Waals surface area contributed by atoms with Crippen LogP contribution >= 0.6 is 15.9 Å². The van der Waals surface area contributed by atoms with Gasteiger partial charge in [0, 0.05) is 22.3 Å². The molecule has 1 N–H and O–H groups in total. The predicted octanol–water partition coefficient (Wildman–Crippen LogP) is 3.64. The molecule has 0 radical (unpaired) electrons. The Hall–Kier alpha value is -2.06. The number of anilines is 1. The van der Waals surface area contributed by atoms with Crippen LogP contribution in [0.3, 0.4) is 0 Å². The molecule has 2 rings (SSSR count). The average Bonchev–Trinajstić information content (AvgIpc) is 2.45. The Morgan fingerprint density at radius 3 is 2.85 bits per heavy atom. The summed E-state index contributed by atoms with van der Waals surface area (Å²) in [6, 6.07) is 11.5. The van der Waals surface area contributed by atoms with E-state index in [4.69, 9.17) is 10.00 Å². The summed E-state index contributed by atoms with van der Waals surface area (Å²) in [4.78, 5) is 4.44. The van der Waals surface area contributed by atoms with Crippen LogP contribution < -0.4 is 10.1 Å². The molecule has 0 unspecified atom stereocenters. The van der Waals surface area contributed by atoms with E-state index in [1.807, 2.05) is 31.2 Å². The second-order valence-electron chi connectivity index (χ2n) is 4.29. The minimum Gasteiger partial charge on any atom is -0.497 e. The minimum absolute atomic E-state index is 0.536. The second-order valence-corrected chi connectivity index (χ2v) is 5.21. The summed E-state index contributed by atoms with van der Waals surface area (Å²) in [6.07, 6.45) is 0. The molecule has 1 heterocycles. The maximum absolute atomic E-state index is 9.12. The first-order valence-electron chi connectivity index (χ1n) is 6.07. The number of hydrogen-bond donors (Lipinski definition) is 1. The van der Waals surface area contributed by atoms with Crippen molar-refractivity contribution in [3.8, 4) is 11.8 Å². The highest BCUT2D eigenvalue weighted by molar-refractivity contribution is 9.10. The van der Waals surface area contributed by atoms with Crippen molar-refractivity contribution in [2.24, 2.45) is 0 Å². The molecular formula is C15H14BrN3O. The Morgan fingerprint density at radius 2 is 2.15 bits per heavy atom. The first-order chi connectivity index (χ1) is 9.62. The van der Waals surface area contributed by atoms with E-state index in [1.165, 1.54) is 0 Å². The normalized spacial score (nSPS) is 9.90. The molecule has 2 aromatic rings. The van der Waals surface area contributed by atoms with Crippen LogP contribution in [0.2, 0.25) is 0 Å². The molecule has 0 aliphatic heterocycles. The molecule has 4 nitrogen and oxygen atoms in total. The summed E-state index contributed by atoms with van der Waals surface area (Å²) in [5, 5.41) is 12.3. The number of benzene rings is 1. The number of aromatic nitrogens is 1. The number of pyridine rings is 1. The van der Waals surface area contributed by atoms with Gasteiger partial charge in [0.2, 0.25) is 0 Å². The monoisotopic (exact) mass is 331 g/mol. The smallest absolute Gasteiger partial charge is 0.122 e. The molecule has 0 saturated heterocycles. The van der Waals surface area contributed by atoms with E-state index in [0.29, 0.717) is 12.1 Å². The standard InChI is InChI=1S/C15H14BrN3O/c1-10-5-14(20-2)7-13(19-10)9-18-15-4-3-12(16)6-11(15)8-17/h3-7,18H,9H2,1-2H3. The summed E-state index contributed by atoms with van der Waals surface area (Å²) < 4.78 is 6.11. The lowest BCUT2D eigenvalue weighted by Crippen LogP contribution is -2.04. The van der Waals surface area contributed by atoms with Crippen molar-refractivity contribution in [1.29, 1.82) is 5.26 Å². The van der Waals surface area contributed by atoms with E-state index in [1.54, 1.807) is 13.2 Å². The van der Waals surface area contributed by atoms with Gasteiger partial charge >= 0.3 is 0 Å². The van der Waals surface area contributed by atoms with Gasteiger partial charge in [-0.15, -0.1) is 0 Å². The largest absolute Gasteiger partial charge is 0.497 e. The highest BCUT2D eigenvalue weighted by Crippen LogP contribution is 2.21. The fourth-order valence-corrected chi connectivity index (χ4v) is 2.22. The number of nitrogens with one attached hydrogen (secondary N) is 1. The molecule has 0 saturated carbocycles. The molecule has 0 aliphatic rings. The lowest BCUT2D eigenvalue weighted by atomic mass is 10.2. The van der Waals surface area contributed by atoms with Crippen LogP contribution in [0.5, 0.6) is 5.75 Å². The van der Waals surface area contributed by atoms with Crippen LogP contribution in [0.1, 0.15) is 17.0 Å². The number of hydrogen-bond acceptors (Lipinski definition) is 4. The number of aryl methyl sites for hydroxylation is 1. The molecule has 1 aromatic heterocycles. The highest BCUT2D eigenvalue weighted by Gasteiger charge is 2.04. The first kappa shape index (κ1) is 14.4. The van der Waals surface area contributed by atoms with Gasteiger partial charge in [-0.3, -0.25) is 4.98 Å². The molecule has 102 valence electrons. The van der Waals surface area contributed by atoms with Crippen LogP contribution in [0.15, 0.2) is 34.8 Å². The number of ether oxygens (including phenoxy) is 1. The summed E-state index contributed by atoms with van der Waals surface area (Å²) >= 11 is 3.35. The minimum atomic E-state index is 0.536. The molecule has 0 aliphatic carbocycles. The third-order valence-electron chi connectivity index (χ3n) is 2.78.